The fraction of sp³-hybridized carbons (Fsp3) is 0.368. The van der Waals surface area contributed by atoms with Crippen LogP contribution in [0.25, 0.3) is 0 Å². The number of carbonyl (C=O) groups is 1. The molecular weight excluding hydrogens is 368 g/mol. The lowest BCUT2D eigenvalue weighted by molar-refractivity contribution is -0.123. The van der Waals surface area contributed by atoms with Crippen molar-refractivity contribution in [2.75, 3.05) is 6.61 Å². The SMILES string of the molecule is CC(C)=CCC/C(C)=C/C=N/NC(=O)COc1ccc(C)cc1Br. The van der Waals surface area contributed by atoms with Crippen LogP contribution in [0.3, 0.4) is 0 Å². The quantitative estimate of drug-likeness (QED) is 0.387. The van der Waals surface area contributed by atoms with Gasteiger partial charge in [0.15, 0.2) is 6.61 Å². The van der Waals surface area contributed by atoms with E-state index in [9.17, 15) is 4.79 Å². The second kappa shape index (κ2) is 10.8. The zero-order valence-corrected chi connectivity index (χ0v) is 16.3. The molecule has 0 atom stereocenters. The Hall–Kier alpha value is -1.88. The van der Waals surface area contributed by atoms with Gasteiger partial charge in [-0.25, -0.2) is 5.43 Å². The summed E-state index contributed by atoms with van der Waals surface area (Å²) in [5.74, 6) is 0.337. The molecule has 0 aliphatic heterocycles. The summed E-state index contributed by atoms with van der Waals surface area (Å²) in [5, 5.41) is 3.90. The molecule has 0 unspecified atom stereocenters. The summed E-state index contributed by atoms with van der Waals surface area (Å²) >= 11 is 3.41. The van der Waals surface area contributed by atoms with E-state index in [2.05, 4.69) is 46.4 Å². The van der Waals surface area contributed by atoms with Gasteiger partial charge in [-0.3, -0.25) is 4.79 Å². The van der Waals surface area contributed by atoms with Gasteiger partial charge in [0.1, 0.15) is 5.75 Å². The maximum atomic E-state index is 11.7. The molecule has 0 saturated heterocycles. The molecule has 0 aliphatic carbocycles. The lowest BCUT2D eigenvalue weighted by Crippen LogP contribution is -2.24. The van der Waals surface area contributed by atoms with Gasteiger partial charge in [0.05, 0.1) is 4.47 Å². The Balaban J connectivity index is 2.33. The monoisotopic (exact) mass is 392 g/mol. The number of halogens is 1. The maximum absolute atomic E-state index is 11.7. The molecule has 0 aromatic heterocycles. The van der Waals surface area contributed by atoms with Crippen LogP contribution in [0.5, 0.6) is 5.75 Å². The van der Waals surface area contributed by atoms with Gasteiger partial charge in [-0.2, -0.15) is 5.10 Å². The van der Waals surface area contributed by atoms with E-state index in [4.69, 9.17) is 4.74 Å². The van der Waals surface area contributed by atoms with Crippen molar-refractivity contribution in [1.29, 1.82) is 0 Å². The molecule has 0 fully saturated rings. The number of ether oxygens (including phenoxy) is 1. The minimum Gasteiger partial charge on any atom is -0.483 e. The van der Waals surface area contributed by atoms with E-state index in [1.807, 2.05) is 38.1 Å². The van der Waals surface area contributed by atoms with E-state index in [1.165, 1.54) is 11.1 Å². The van der Waals surface area contributed by atoms with E-state index in [0.29, 0.717) is 5.75 Å². The van der Waals surface area contributed by atoms with Gasteiger partial charge >= 0.3 is 0 Å². The number of hydrazone groups is 1. The molecule has 0 spiro atoms. The number of hydrogen-bond acceptors (Lipinski definition) is 3. The molecule has 0 radical (unpaired) electrons. The minimum absolute atomic E-state index is 0.0811. The molecule has 0 heterocycles. The third-order valence-corrected chi connectivity index (χ3v) is 3.78. The fourth-order valence-electron chi connectivity index (χ4n) is 1.84. The molecule has 0 bridgehead atoms. The zero-order valence-electron chi connectivity index (χ0n) is 14.7. The average Bonchev–Trinajstić information content (AvgIpc) is 2.50. The third kappa shape index (κ3) is 8.67. The first kappa shape index (κ1) is 20.2. The standard InChI is InChI=1S/C19H25BrN2O2/c1-14(2)6-5-7-15(3)10-11-21-22-19(23)13-24-18-9-8-16(4)12-17(18)20/h6,8-12H,5,7,13H2,1-4H3,(H,22,23)/b15-10+,21-11+. The normalized spacial score (nSPS) is 11.5. The Kier molecular flexibility index (Phi) is 9.08. The fourth-order valence-corrected chi connectivity index (χ4v) is 2.45. The van der Waals surface area contributed by atoms with Crippen LogP contribution in [0, 0.1) is 6.92 Å². The van der Waals surface area contributed by atoms with Crippen molar-refractivity contribution < 1.29 is 9.53 Å². The summed E-state index contributed by atoms with van der Waals surface area (Å²) in [4.78, 5) is 11.7. The molecule has 1 amide bonds. The van der Waals surface area contributed by atoms with Crippen LogP contribution in [0.15, 0.2) is 51.1 Å². The van der Waals surface area contributed by atoms with Gasteiger partial charge in [-0.1, -0.05) is 23.3 Å². The van der Waals surface area contributed by atoms with E-state index in [-0.39, 0.29) is 12.5 Å². The minimum atomic E-state index is -0.297. The number of carbonyl (C=O) groups excluding carboxylic acids is 1. The Morgan fingerprint density at radius 3 is 2.75 bits per heavy atom. The highest BCUT2D eigenvalue weighted by Gasteiger charge is 2.04. The highest BCUT2D eigenvalue weighted by Crippen LogP contribution is 2.25. The smallest absolute Gasteiger partial charge is 0.277 e. The second-order valence-corrected chi connectivity index (χ2v) is 6.72. The van der Waals surface area contributed by atoms with E-state index in [1.54, 1.807) is 6.21 Å². The van der Waals surface area contributed by atoms with Crippen LogP contribution >= 0.6 is 15.9 Å². The van der Waals surface area contributed by atoms with E-state index < -0.39 is 0 Å². The summed E-state index contributed by atoms with van der Waals surface area (Å²) in [6, 6.07) is 5.70. The lowest BCUT2D eigenvalue weighted by Gasteiger charge is -2.07. The number of amides is 1. The second-order valence-electron chi connectivity index (χ2n) is 5.87. The molecule has 130 valence electrons. The Bertz CT molecular complexity index is 645. The topological polar surface area (TPSA) is 50.7 Å². The highest BCUT2D eigenvalue weighted by atomic mass is 79.9. The summed E-state index contributed by atoms with van der Waals surface area (Å²) in [7, 11) is 0. The van der Waals surface area contributed by atoms with Crippen molar-refractivity contribution in [2.45, 2.75) is 40.5 Å². The number of nitrogens with zero attached hydrogens (tertiary/aromatic N) is 1. The predicted molar refractivity (Wildman–Crippen MR) is 103 cm³/mol. The van der Waals surface area contributed by atoms with Gasteiger partial charge in [0.2, 0.25) is 0 Å². The van der Waals surface area contributed by atoms with Crippen LogP contribution in [0.1, 0.15) is 39.2 Å². The van der Waals surface area contributed by atoms with Crippen LogP contribution in [0.2, 0.25) is 0 Å². The Morgan fingerprint density at radius 1 is 1.33 bits per heavy atom. The molecular formula is C19H25BrN2O2. The number of aryl methyl sites for hydroxylation is 1. The summed E-state index contributed by atoms with van der Waals surface area (Å²) in [5.41, 5.74) is 6.10. The third-order valence-electron chi connectivity index (χ3n) is 3.16. The number of hydrogen-bond donors (Lipinski definition) is 1. The number of rotatable bonds is 8. The molecule has 4 nitrogen and oxygen atoms in total. The summed E-state index contributed by atoms with van der Waals surface area (Å²) in [6.07, 6.45) is 7.70. The molecule has 0 aliphatic rings. The molecule has 0 saturated carbocycles. The van der Waals surface area contributed by atoms with E-state index in [0.717, 1.165) is 22.9 Å². The number of allylic oxidation sites excluding steroid dienone is 4. The largest absolute Gasteiger partial charge is 0.483 e. The molecule has 1 aromatic rings. The van der Waals surface area contributed by atoms with Crippen LogP contribution in [-0.2, 0) is 4.79 Å². The molecule has 1 aromatic carbocycles. The first-order chi connectivity index (χ1) is 11.4. The van der Waals surface area contributed by atoms with Crippen molar-refractivity contribution in [3.63, 3.8) is 0 Å². The van der Waals surface area contributed by atoms with Gasteiger partial charge in [-0.05, 0) is 80.2 Å². The average molecular weight is 393 g/mol. The highest BCUT2D eigenvalue weighted by molar-refractivity contribution is 9.10. The number of nitrogens with one attached hydrogen (secondary N) is 1. The zero-order chi connectivity index (χ0) is 17.9. The number of benzene rings is 1. The predicted octanol–water partition coefficient (Wildman–Crippen LogP) is 4.93. The van der Waals surface area contributed by atoms with Crippen molar-refractivity contribution in [1.82, 2.24) is 5.43 Å². The summed E-state index contributed by atoms with van der Waals surface area (Å²) in [6.45, 7) is 8.14. The van der Waals surface area contributed by atoms with Crippen LogP contribution < -0.4 is 10.2 Å². The Labute approximate surface area is 152 Å². The molecule has 5 heteroatoms. The molecule has 24 heavy (non-hydrogen) atoms. The van der Waals surface area contributed by atoms with Gasteiger partial charge < -0.3 is 4.74 Å². The van der Waals surface area contributed by atoms with Crippen molar-refractivity contribution >= 4 is 28.1 Å². The molecule has 1 N–H and O–H groups in total. The van der Waals surface area contributed by atoms with Crippen LogP contribution in [0.4, 0.5) is 0 Å². The van der Waals surface area contributed by atoms with Gasteiger partial charge in [0.25, 0.3) is 5.91 Å². The maximum Gasteiger partial charge on any atom is 0.277 e. The molecule has 1 rings (SSSR count). The Morgan fingerprint density at radius 2 is 2.08 bits per heavy atom. The van der Waals surface area contributed by atoms with Crippen molar-refractivity contribution in [3.05, 3.63) is 51.5 Å². The van der Waals surface area contributed by atoms with Crippen molar-refractivity contribution in [3.8, 4) is 5.75 Å². The first-order valence-corrected chi connectivity index (χ1v) is 8.67. The van der Waals surface area contributed by atoms with Crippen LogP contribution in [-0.4, -0.2) is 18.7 Å². The van der Waals surface area contributed by atoms with E-state index >= 15 is 0 Å². The summed E-state index contributed by atoms with van der Waals surface area (Å²) < 4.78 is 6.28. The first-order valence-electron chi connectivity index (χ1n) is 7.88. The van der Waals surface area contributed by atoms with Gasteiger partial charge in [0, 0.05) is 6.21 Å². The lowest BCUT2D eigenvalue weighted by atomic mass is 10.1. The van der Waals surface area contributed by atoms with Crippen molar-refractivity contribution in [2.24, 2.45) is 5.10 Å². The van der Waals surface area contributed by atoms with Gasteiger partial charge in [-0.15, -0.1) is 0 Å².